The summed E-state index contributed by atoms with van der Waals surface area (Å²) in [5.74, 6) is 0.806. The second kappa shape index (κ2) is 10.2. The van der Waals surface area contributed by atoms with Crippen molar-refractivity contribution in [3.8, 4) is 0 Å². The van der Waals surface area contributed by atoms with E-state index in [0.29, 0.717) is 13.2 Å². The van der Waals surface area contributed by atoms with Gasteiger partial charge in [0.05, 0.1) is 25.3 Å². The van der Waals surface area contributed by atoms with Crippen LogP contribution in [0.5, 0.6) is 0 Å². The lowest BCUT2D eigenvalue weighted by Crippen LogP contribution is -2.47. The van der Waals surface area contributed by atoms with Gasteiger partial charge in [0, 0.05) is 38.6 Å². The van der Waals surface area contributed by atoms with Crippen LogP contribution in [0.15, 0.2) is 29.4 Å². The number of nitrogens with zero attached hydrogens (tertiary/aromatic N) is 2. The van der Waals surface area contributed by atoms with Crippen LogP contribution in [0.4, 0.5) is 0 Å². The quantitative estimate of drug-likeness (QED) is 0.430. The fourth-order valence-electron chi connectivity index (χ4n) is 2.56. The maximum absolute atomic E-state index is 5.74. The van der Waals surface area contributed by atoms with Gasteiger partial charge in [-0.2, -0.15) is 0 Å². The van der Waals surface area contributed by atoms with Crippen LogP contribution in [0.3, 0.4) is 0 Å². The van der Waals surface area contributed by atoms with Gasteiger partial charge in [-0.15, -0.1) is 0 Å². The third-order valence-electron chi connectivity index (χ3n) is 3.85. The highest BCUT2D eigenvalue weighted by Gasteiger charge is 2.22. The van der Waals surface area contributed by atoms with Gasteiger partial charge < -0.3 is 20.1 Å². The molecule has 2 N–H and O–H groups in total. The van der Waals surface area contributed by atoms with Crippen LogP contribution in [-0.2, 0) is 15.9 Å². The number of nitrogens with one attached hydrogen (secondary N) is 2. The molecule has 1 saturated heterocycles. The number of methoxy groups -OCH3 is 1. The molecule has 0 amide bonds. The predicted molar refractivity (Wildman–Crippen MR) is 91.7 cm³/mol. The molecule has 2 heterocycles. The first kappa shape index (κ1) is 17.7. The molecule has 0 bridgehead atoms. The van der Waals surface area contributed by atoms with E-state index in [1.54, 1.807) is 7.11 Å². The zero-order valence-electron chi connectivity index (χ0n) is 14.1. The van der Waals surface area contributed by atoms with E-state index in [-0.39, 0.29) is 12.1 Å². The van der Waals surface area contributed by atoms with Crippen LogP contribution in [0.1, 0.15) is 25.5 Å². The first-order valence-corrected chi connectivity index (χ1v) is 8.35. The van der Waals surface area contributed by atoms with Gasteiger partial charge in [0.2, 0.25) is 0 Å². The Morgan fingerprint density at radius 1 is 1.52 bits per heavy atom. The molecule has 1 aliphatic rings. The summed E-state index contributed by atoms with van der Waals surface area (Å²) in [6, 6.07) is 6.21. The Kier molecular flexibility index (Phi) is 7.83. The van der Waals surface area contributed by atoms with Crippen molar-refractivity contribution in [2.24, 2.45) is 4.99 Å². The second-order valence-corrected chi connectivity index (χ2v) is 5.71. The molecule has 1 fully saturated rings. The highest BCUT2D eigenvalue weighted by atomic mass is 16.5. The maximum Gasteiger partial charge on any atom is 0.191 e. The molecule has 128 valence electrons. The molecule has 2 atom stereocenters. The van der Waals surface area contributed by atoms with Gasteiger partial charge in [-0.3, -0.25) is 9.98 Å². The summed E-state index contributed by atoms with van der Waals surface area (Å²) >= 11 is 0. The summed E-state index contributed by atoms with van der Waals surface area (Å²) in [5, 5.41) is 6.81. The molecule has 23 heavy (non-hydrogen) atoms. The van der Waals surface area contributed by atoms with Gasteiger partial charge in [0.1, 0.15) is 0 Å². The van der Waals surface area contributed by atoms with E-state index in [2.05, 4.69) is 27.5 Å². The average Bonchev–Trinajstić information content (AvgIpc) is 3.10. The standard InChI is InChI=1S/C17H28N4O2/c1-14(16-7-5-12-23-16)21-17(20-11-13-22-2)19-10-8-15-6-3-4-9-18-15/h3-4,6,9,14,16H,5,7-8,10-13H2,1-2H3,(H2,19,20,21)/t14-,16-/m1/s1. The molecule has 1 aliphatic heterocycles. The van der Waals surface area contributed by atoms with Crippen molar-refractivity contribution in [3.05, 3.63) is 30.1 Å². The Bertz CT molecular complexity index is 461. The lowest BCUT2D eigenvalue weighted by molar-refractivity contribution is 0.0890. The van der Waals surface area contributed by atoms with Crippen LogP contribution < -0.4 is 10.6 Å². The SMILES string of the molecule is COCCN=C(NCCc1ccccn1)N[C@H](C)[C@H]1CCCO1. The monoisotopic (exact) mass is 320 g/mol. The summed E-state index contributed by atoms with van der Waals surface area (Å²) in [6.07, 6.45) is 5.19. The molecular weight excluding hydrogens is 292 g/mol. The number of hydrogen-bond donors (Lipinski definition) is 2. The Balaban J connectivity index is 1.81. The van der Waals surface area contributed by atoms with E-state index in [4.69, 9.17) is 9.47 Å². The molecule has 0 aliphatic carbocycles. The van der Waals surface area contributed by atoms with Crippen molar-refractivity contribution in [1.29, 1.82) is 0 Å². The zero-order valence-corrected chi connectivity index (χ0v) is 14.1. The van der Waals surface area contributed by atoms with Gasteiger partial charge in [-0.1, -0.05) is 6.07 Å². The van der Waals surface area contributed by atoms with Crippen LogP contribution in [-0.4, -0.2) is 56.5 Å². The Morgan fingerprint density at radius 3 is 3.13 bits per heavy atom. The fourth-order valence-corrected chi connectivity index (χ4v) is 2.56. The number of hydrogen-bond acceptors (Lipinski definition) is 4. The molecule has 6 heteroatoms. The van der Waals surface area contributed by atoms with E-state index >= 15 is 0 Å². The molecule has 1 aromatic heterocycles. The van der Waals surface area contributed by atoms with Crippen LogP contribution in [0.2, 0.25) is 0 Å². The van der Waals surface area contributed by atoms with Crippen molar-refractivity contribution in [3.63, 3.8) is 0 Å². The normalized spacial score (nSPS) is 19.6. The molecule has 6 nitrogen and oxygen atoms in total. The minimum absolute atomic E-state index is 0.237. The maximum atomic E-state index is 5.74. The molecular formula is C17H28N4O2. The highest BCUT2D eigenvalue weighted by molar-refractivity contribution is 5.80. The smallest absolute Gasteiger partial charge is 0.191 e. The predicted octanol–water partition coefficient (Wildman–Crippen LogP) is 1.37. The molecule has 0 saturated carbocycles. The van der Waals surface area contributed by atoms with Gasteiger partial charge >= 0.3 is 0 Å². The lowest BCUT2D eigenvalue weighted by atomic mass is 10.1. The van der Waals surface area contributed by atoms with E-state index in [1.165, 1.54) is 0 Å². The van der Waals surface area contributed by atoms with Gasteiger partial charge in [0.25, 0.3) is 0 Å². The van der Waals surface area contributed by atoms with Crippen LogP contribution in [0, 0.1) is 0 Å². The Labute approximate surface area is 138 Å². The van der Waals surface area contributed by atoms with Gasteiger partial charge in [-0.25, -0.2) is 0 Å². The first-order valence-electron chi connectivity index (χ1n) is 8.35. The molecule has 0 unspecified atom stereocenters. The topological polar surface area (TPSA) is 67.8 Å². The number of ether oxygens (including phenoxy) is 2. The summed E-state index contributed by atoms with van der Waals surface area (Å²) in [6.45, 7) is 5.03. The number of rotatable bonds is 8. The van der Waals surface area contributed by atoms with Crippen LogP contribution >= 0.6 is 0 Å². The molecule has 0 spiro atoms. The second-order valence-electron chi connectivity index (χ2n) is 5.71. The first-order chi connectivity index (χ1) is 11.3. The summed E-state index contributed by atoms with van der Waals surface area (Å²) in [5.41, 5.74) is 1.07. The zero-order chi connectivity index (χ0) is 16.3. The molecule has 1 aromatic rings. The Hall–Kier alpha value is -1.66. The number of guanidine groups is 1. The average molecular weight is 320 g/mol. The van der Waals surface area contributed by atoms with Crippen molar-refractivity contribution in [2.45, 2.75) is 38.3 Å². The number of pyridine rings is 1. The van der Waals surface area contributed by atoms with Crippen molar-refractivity contribution >= 4 is 5.96 Å². The van der Waals surface area contributed by atoms with Crippen LogP contribution in [0.25, 0.3) is 0 Å². The molecule has 0 radical (unpaired) electrons. The van der Waals surface area contributed by atoms with Crippen molar-refractivity contribution in [2.75, 3.05) is 33.4 Å². The lowest BCUT2D eigenvalue weighted by Gasteiger charge is -2.22. The van der Waals surface area contributed by atoms with E-state index in [9.17, 15) is 0 Å². The van der Waals surface area contributed by atoms with E-state index < -0.39 is 0 Å². The summed E-state index contributed by atoms with van der Waals surface area (Å²) in [4.78, 5) is 8.88. The molecule has 2 rings (SSSR count). The fraction of sp³-hybridized carbons (Fsp3) is 0.647. The third-order valence-corrected chi connectivity index (χ3v) is 3.85. The van der Waals surface area contributed by atoms with E-state index in [0.717, 1.165) is 44.1 Å². The minimum Gasteiger partial charge on any atom is -0.383 e. The van der Waals surface area contributed by atoms with Crippen molar-refractivity contribution < 1.29 is 9.47 Å². The van der Waals surface area contributed by atoms with E-state index in [1.807, 2.05) is 24.4 Å². The number of aliphatic imine (C=N–C) groups is 1. The van der Waals surface area contributed by atoms with Gasteiger partial charge in [0.15, 0.2) is 5.96 Å². The Morgan fingerprint density at radius 2 is 2.43 bits per heavy atom. The summed E-state index contributed by atoms with van der Waals surface area (Å²) < 4.78 is 10.8. The molecule has 0 aromatic carbocycles. The highest BCUT2D eigenvalue weighted by Crippen LogP contribution is 2.15. The largest absolute Gasteiger partial charge is 0.383 e. The van der Waals surface area contributed by atoms with Gasteiger partial charge in [-0.05, 0) is 31.9 Å². The number of aromatic nitrogens is 1. The summed E-state index contributed by atoms with van der Waals surface area (Å²) in [7, 11) is 1.69. The van der Waals surface area contributed by atoms with Crippen molar-refractivity contribution in [1.82, 2.24) is 15.6 Å². The third kappa shape index (κ3) is 6.54. The minimum atomic E-state index is 0.237.